The lowest BCUT2D eigenvalue weighted by Crippen LogP contribution is -2.21. The highest BCUT2D eigenvalue weighted by atomic mass is 16.5. The molecule has 4 rings (SSSR count). The van der Waals surface area contributed by atoms with Gasteiger partial charge in [0.25, 0.3) is 0 Å². The molecular weight excluding hydrogens is 540 g/mol. The number of hydrogen-bond donors (Lipinski definition) is 1. The third-order valence-electron chi connectivity index (χ3n) is 10.4. The minimum absolute atomic E-state index is 0.245. The number of hydrogen-bond acceptors (Lipinski definition) is 3. The molecule has 2 aliphatic carbocycles. The van der Waals surface area contributed by atoms with Crippen LogP contribution in [-0.4, -0.2) is 31.7 Å². The topological polar surface area (TPSA) is 46.5 Å². The molecular formula is C41H62O3. The quantitative estimate of drug-likeness (QED) is 0.133. The van der Waals surface area contributed by atoms with Gasteiger partial charge in [-0.1, -0.05) is 82.5 Å². The van der Waals surface area contributed by atoms with Gasteiger partial charge >= 0.3 is 0 Å². The number of methoxy groups -OCH3 is 1. The van der Waals surface area contributed by atoms with E-state index in [0.29, 0.717) is 24.0 Å². The van der Waals surface area contributed by atoms with Crippen LogP contribution in [0.1, 0.15) is 138 Å². The van der Waals surface area contributed by atoms with E-state index in [9.17, 15) is 9.90 Å². The number of aryl methyl sites for hydroxylation is 2. The highest BCUT2D eigenvalue weighted by Gasteiger charge is 2.26. The van der Waals surface area contributed by atoms with Crippen molar-refractivity contribution < 1.29 is 14.6 Å². The number of carbonyl (C=O) groups is 1. The predicted molar refractivity (Wildman–Crippen MR) is 187 cm³/mol. The standard InChI is InChI=1S/C37H56O2.C4H6O/c1-5-7-8-9-28-10-14-33(15-11-28)37-21-19-35(24-31(37)6-2)34-18-20-36(27(3)22-34)32-16-12-29(13-17-32)23-30(25-38)26-39-4;1-4(2)3-5/h18-22,24,28-30,32-33,38H,5-17,23,25-26H2,1-4H3;3H,1H2,2H3. The summed E-state index contributed by atoms with van der Waals surface area (Å²) in [6, 6.07) is 14.6. The van der Waals surface area contributed by atoms with Gasteiger partial charge in [0.2, 0.25) is 0 Å². The summed E-state index contributed by atoms with van der Waals surface area (Å²) in [5.41, 5.74) is 9.53. The molecule has 1 N–H and O–H groups in total. The molecule has 0 bridgehead atoms. The Balaban J connectivity index is 0.000000978. The second-order valence-corrected chi connectivity index (χ2v) is 14.0. The van der Waals surface area contributed by atoms with Crippen LogP contribution in [0.5, 0.6) is 0 Å². The van der Waals surface area contributed by atoms with E-state index in [2.05, 4.69) is 63.7 Å². The van der Waals surface area contributed by atoms with E-state index >= 15 is 0 Å². The summed E-state index contributed by atoms with van der Waals surface area (Å²) in [7, 11) is 1.74. The van der Waals surface area contributed by atoms with Gasteiger partial charge in [0.1, 0.15) is 6.29 Å². The second kappa shape index (κ2) is 19.3. The second-order valence-electron chi connectivity index (χ2n) is 14.0. The van der Waals surface area contributed by atoms with Crippen LogP contribution in [-0.2, 0) is 16.0 Å². The molecule has 0 aliphatic heterocycles. The highest BCUT2D eigenvalue weighted by molar-refractivity contribution is 5.70. The van der Waals surface area contributed by atoms with Crippen LogP contribution in [0.4, 0.5) is 0 Å². The van der Waals surface area contributed by atoms with E-state index < -0.39 is 0 Å². The lowest BCUT2D eigenvalue weighted by molar-refractivity contribution is -0.104. The third kappa shape index (κ3) is 11.0. The molecule has 0 aromatic heterocycles. The minimum atomic E-state index is 0.245. The average molecular weight is 603 g/mol. The van der Waals surface area contributed by atoms with Crippen LogP contribution in [0.3, 0.4) is 0 Å². The monoisotopic (exact) mass is 602 g/mol. The molecule has 244 valence electrons. The SMILES string of the molecule is C=C(C)C=O.CCCCCC1CCC(c2ccc(-c3ccc(C4CCC(CC(CO)COC)CC4)c(C)c3)cc2CC)CC1. The number of aliphatic hydroxyl groups is 1. The summed E-state index contributed by atoms with van der Waals surface area (Å²) < 4.78 is 5.30. The van der Waals surface area contributed by atoms with E-state index in [-0.39, 0.29) is 6.61 Å². The first-order valence-corrected chi connectivity index (χ1v) is 17.8. The first kappa shape index (κ1) is 36.2. The lowest BCUT2D eigenvalue weighted by atomic mass is 9.74. The van der Waals surface area contributed by atoms with Gasteiger partial charge in [0.15, 0.2) is 0 Å². The third-order valence-corrected chi connectivity index (χ3v) is 10.4. The number of aldehydes is 1. The normalized spacial score (nSPS) is 22.5. The van der Waals surface area contributed by atoms with Gasteiger partial charge in [-0.05, 0) is 141 Å². The van der Waals surface area contributed by atoms with Crippen molar-refractivity contribution in [2.75, 3.05) is 20.3 Å². The molecule has 0 saturated heterocycles. The van der Waals surface area contributed by atoms with Crippen molar-refractivity contribution >= 4 is 6.29 Å². The molecule has 2 aromatic carbocycles. The van der Waals surface area contributed by atoms with Gasteiger partial charge in [-0.2, -0.15) is 0 Å². The molecule has 0 heterocycles. The Hall–Kier alpha value is -2.23. The van der Waals surface area contributed by atoms with Crippen LogP contribution in [0, 0.1) is 24.7 Å². The zero-order valence-corrected chi connectivity index (χ0v) is 28.7. The molecule has 3 heteroatoms. The Morgan fingerprint density at radius 1 is 0.909 bits per heavy atom. The average Bonchev–Trinajstić information content (AvgIpc) is 3.05. The number of aliphatic hydroxyl groups excluding tert-OH is 1. The smallest absolute Gasteiger partial charge is 0.145 e. The molecule has 2 fully saturated rings. The Morgan fingerprint density at radius 3 is 2.00 bits per heavy atom. The zero-order valence-electron chi connectivity index (χ0n) is 28.7. The van der Waals surface area contributed by atoms with Gasteiger partial charge in [-0.25, -0.2) is 0 Å². The van der Waals surface area contributed by atoms with Gasteiger partial charge in [0.05, 0.1) is 6.61 Å². The number of unbranched alkanes of at least 4 members (excludes halogenated alkanes) is 2. The predicted octanol–water partition coefficient (Wildman–Crippen LogP) is 10.8. The molecule has 2 saturated carbocycles. The first-order chi connectivity index (χ1) is 21.3. The van der Waals surface area contributed by atoms with Gasteiger partial charge in [-0.3, -0.25) is 4.79 Å². The van der Waals surface area contributed by atoms with Crippen molar-refractivity contribution in [3.05, 3.63) is 70.8 Å². The molecule has 0 radical (unpaired) electrons. The maximum Gasteiger partial charge on any atom is 0.145 e. The Labute approximate surface area is 269 Å². The molecule has 44 heavy (non-hydrogen) atoms. The van der Waals surface area contributed by atoms with E-state index in [0.717, 1.165) is 36.9 Å². The van der Waals surface area contributed by atoms with Crippen molar-refractivity contribution in [3.63, 3.8) is 0 Å². The molecule has 2 aliphatic rings. The van der Waals surface area contributed by atoms with Crippen molar-refractivity contribution in [3.8, 4) is 11.1 Å². The maximum atomic E-state index is 9.65. The van der Waals surface area contributed by atoms with Gasteiger partial charge in [0, 0.05) is 19.6 Å². The molecule has 0 amide bonds. The Kier molecular flexibility index (Phi) is 15.9. The fourth-order valence-corrected chi connectivity index (χ4v) is 7.86. The van der Waals surface area contributed by atoms with Crippen LogP contribution in [0.25, 0.3) is 11.1 Å². The summed E-state index contributed by atoms with van der Waals surface area (Å²) in [5.74, 6) is 3.44. The molecule has 0 spiro atoms. The highest BCUT2D eigenvalue weighted by Crippen LogP contribution is 2.42. The fraction of sp³-hybridized carbons (Fsp3) is 0.634. The number of rotatable bonds is 14. The summed E-state index contributed by atoms with van der Waals surface area (Å²) in [5, 5.41) is 9.65. The van der Waals surface area contributed by atoms with E-state index in [1.54, 1.807) is 30.7 Å². The summed E-state index contributed by atoms with van der Waals surface area (Å²) in [6.07, 6.45) is 19.3. The van der Waals surface area contributed by atoms with Crippen molar-refractivity contribution in [2.45, 2.75) is 129 Å². The fourth-order valence-electron chi connectivity index (χ4n) is 7.86. The summed E-state index contributed by atoms with van der Waals surface area (Å²) in [6.45, 7) is 12.9. The number of ether oxygens (including phenoxy) is 1. The minimum Gasteiger partial charge on any atom is -0.396 e. The summed E-state index contributed by atoms with van der Waals surface area (Å²) >= 11 is 0. The van der Waals surface area contributed by atoms with E-state index in [4.69, 9.17) is 4.74 Å². The lowest BCUT2D eigenvalue weighted by Gasteiger charge is -2.31. The largest absolute Gasteiger partial charge is 0.396 e. The van der Waals surface area contributed by atoms with Crippen LogP contribution >= 0.6 is 0 Å². The zero-order chi connectivity index (χ0) is 31.9. The van der Waals surface area contributed by atoms with Gasteiger partial charge in [-0.15, -0.1) is 0 Å². The number of carbonyl (C=O) groups excluding carboxylic acids is 1. The molecule has 1 unspecified atom stereocenters. The number of benzene rings is 2. The first-order valence-electron chi connectivity index (χ1n) is 17.8. The maximum absolute atomic E-state index is 9.65. The van der Waals surface area contributed by atoms with E-state index in [1.807, 2.05) is 0 Å². The van der Waals surface area contributed by atoms with Crippen molar-refractivity contribution in [1.82, 2.24) is 0 Å². The van der Waals surface area contributed by atoms with Crippen molar-refractivity contribution in [1.29, 1.82) is 0 Å². The van der Waals surface area contributed by atoms with Crippen molar-refractivity contribution in [2.24, 2.45) is 17.8 Å². The number of allylic oxidation sites excluding steroid dienone is 1. The van der Waals surface area contributed by atoms with Gasteiger partial charge < -0.3 is 9.84 Å². The summed E-state index contributed by atoms with van der Waals surface area (Å²) in [4.78, 5) is 9.41. The van der Waals surface area contributed by atoms with Crippen LogP contribution in [0.2, 0.25) is 0 Å². The van der Waals surface area contributed by atoms with Crippen LogP contribution < -0.4 is 0 Å². The molecule has 3 nitrogen and oxygen atoms in total. The molecule has 1 atom stereocenters. The van der Waals surface area contributed by atoms with E-state index in [1.165, 1.54) is 93.7 Å². The molecule has 2 aromatic rings. The van der Waals surface area contributed by atoms with Crippen LogP contribution in [0.15, 0.2) is 48.6 Å². The Morgan fingerprint density at radius 2 is 1.48 bits per heavy atom. The Bertz CT molecular complexity index is 1130.